The molecule has 4 heteroatoms. The summed E-state index contributed by atoms with van der Waals surface area (Å²) in [5.74, 6) is 0.623. The molecule has 2 heterocycles. The van der Waals surface area contributed by atoms with Crippen LogP contribution in [0, 0.1) is 0 Å². The Balaban J connectivity index is 1.14. The number of oxazole rings is 1. The molecule has 0 aliphatic rings. The molecule has 10 aromatic rings. The van der Waals surface area contributed by atoms with Crippen molar-refractivity contribution in [2.75, 3.05) is 4.90 Å². The monoisotopic (exact) mass is 653 g/mol. The van der Waals surface area contributed by atoms with Gasteiger partial charge in [0.05, 0.1) is 16.7 Å². The lowest BCUT2D eigenvalue weighted by Gasteiger charge is -2.27. The van der Waals surface area contributed by atoms with E-state index < -0.39 is 0 Å². The summed E-state index contributed by atoms with van der Waals surface area (Å²) in [6.45, 7) is 0. The molecule has 10 rings (SSSR count). The summed E-state index contributed by atoms with van der Waals surface area (Å²) >= 11 is 0. The van der Waals surface area contributed by atoms with Crippen molar-refractivity contribution < 1.29 is 4.42 Å². The molecule has 0 saturated heterocycles. The Bertz CT molecular complexity index is 2780. The summed E-state index contributed by atoms with van der Waals surface area (Å²) in [4.78, 5) is 7.20. The van der Waals surface area contributed by atoms with Crippen LogP contribution in [0.5, 0.6) is 0 Å². The van der Waals surface area contributed by atoms with Crippen LogP contribution in [0.1, 0.15) is 0 Å². The van der Waals surface area contributed by atoms with Gasteiger partial charge in [-0.2, -0.15) is 0 Å². The second kappa shape index (κ2) is 11.9. The highest BCUT2D eigenvalue weighted by Gasteiger charge is 2.19. The third-order valence-corrected chi connectivity index (χ3v) is 9.83. The number of para-hydroxylation sites is 2. The number of nitrogens with zero attached hydrogens (tertiary/aromatic N) is 3. The van der Waals surface area contributed by atoms with E-state index >= 15 is 0 Å². The van der Waals surface area contributed by atoms with Crippen molar-refractivity contribution in [3.05, 3.63) is 188 Å². The van der Waals surface area contributed by atoms with Gasteiger partial charge in [0, 0.05) is 44.2 Å². The van der Waals surface area contributed by atoms with Gasteiger partial charge in [-0.05, 0) is 90.0 Å². The molecule has 0 bridgehead atoms. The molecule has 0 fully saturated rings. The zero-order valence-corrected chi connectivity index (χ0v) is 27.6. The maximum Gasteiger partial charge on any atom is 0.227 e. The molecular formula is C47H31N3O. The van der Waals surface area contributed by atoms with Gasteiger partial charge in [-0.1, -0.05) is 109 Å². The van der Waals surface area contributed by atoms with E-state index in [1.165, 1.54) is 32.9 Å². The Hall–Kier alpha value is -6.91. The highest BCUT2D eigenvalue weighted by Crippen LogP contribution is 2.42. The van der Waals surface area contributed by atoms with E-state index in [0.29, 0.717) is 5.89 Å². The first-order valence-electron chi connectivity index (χ1n) is 17.2. The Morgan fingerprint density at radius 1 is 0.412 bits per heavy atom. The van der Waals surface area contributed by atoms with Crippen molar-refractivity contribution >= 4 is 60.7 Å². The number of aromatic nitrogens is 2. The Morgan fingerprint density at radius 2 is 0.961 bits per heavy atom. The Morgan fingerprint density at radius 3 is 1.63 bits per heavy atom. The molecule has 0 unspecified atom stereocenters. The van der Waals surface area contributed by atoms with Crippen LogP contribution in [-0.4, -0.2) is 9.55 Å². The minimum absolute atomic E-state index is 0.623. The Kier molecular flexibility index (Phi) is 6.78. The lowest BCUT2D eigenvalue weighted by molar-refractivity contribution is 0.623. The minimum Gasteiger partial charge on any atom is -0.435 e. The number of hydrogen-bond donors (Lipinski definition) is 0. The topological polar surface area (TPSA) is 34.2 Å². The SMILES string of the molecule is c1ccc(-c2ccc(N(c3ccc(-n4c5ccccc5c5ccccc54)cc3)c3cccc4c3ccc3nc(-c5ccccc5)oc34)cc2)cc1. The van der Waals surface area contributed by atoms with E-state index in [2.05, 4.69) is 167 Å². The second-order valence-corrected chi connectivity index (χ2v) is 12.8. The summed E-state index contributed by atoms with van der Waals surface area (Å²) in [6.07, 6.45) is 0. The number of rotatable bonds is 6. The maximum atomic E-state index is 6.47. The standard InChI is InChI=1S/C47H31N3O/c1-3-12-32(13-4-1)33-22-24-35(25-23-33)49(36-26-28-37(29-27-36)50-44-19-9-7-16-38(44)39-17-8-10-20-45(39)50)43-21-11-18-41-40(43)30-31-42-46(41)51-47(48-42)34-14-5-2-6-15-34/h1-31H. The molecule has 2 aromatic heterocycles. The van der Waals surface area contributed by atoms with Crippen LogP contribution in [0.2, 0.25) is 0 Å². The van der Waals surface area contributed by atoms with Crippen molar-refractivity contribution in [2.45, 2.75) is 0 Å². The van der Waals surface area contributed by atoms with Gasteiger partial charge >= 0.3 is 0 Å². The summed E-state index contributed by atoms with van der Waals surface area (Å²) < 4.78 is 8.83. The summed E-state index contributed by atoms with van der Waals surface area (Å²) in [5, 5.41) is 4.61. The fourth-order valence-electron chi connectivity index (χ4n) is 7.44. The fraction of sp³-hybridized carbons (Fsp3) is 0. The molecule has 0 saturated carbocycles. The van der Waals surface area contributed by atoms with Gasteiger partial charge in [-0.25, -0.2) is 4.98 Å². The quantitative estimate of drug-likeness (QED) is 0.179. The predicted molar refractivity (Wildman–Crippen MR) is 211 cm³/mol. The largest absolute Gasteiger partial charge is 0.435 e. The van der Waals surface area contributed by atoms with Gasteiger partial charge in [0.1, 0.15) is 5.52 Å². The van der Waals surface area contributed by atoms with Gasteiger partial charge in [-0.15, -0.1) is 0 Å². The number of anilines is 3. The molecule has 4 nitrogen and oxygen atoms in total. The summed E-state index contributed by atoms with van der Waals surface area (Å²) in [6, 6.07) is 66.3. The van der Waals surface area contributed by atoms with E-state index in [0.717, 1.165) is 50.2 Å². The highest BCUT2D eigenvalue weighted by atomic mass is 16.3. The van der Waals surface area contributed by atoms with Crippen LogP contribution in [0.3, 0.4) is 0 Å². The molecule has 0 aliphatic carbocycles. The third-order valence-electron chi connectivity index (χ3n) is 9.83. The molecule has 51 heavy (non-hydrogen) atoms. The molecular weight excluding hydrogens is 623 g/mol. The molecule has 0 spiro atoms. The van der Waals surface area contributed by atoms with Gasteiger partial charge in [-0.3, -0.25) is 0 Å². The number of benzene rings is 8. The van der Waals surface area contributed by atoms with Crippen LogP contribution in [0.4, 0.5) is 17.1 Å². The molecule has 8 aromatic carbocycles. The summed E-state index contributed by atoms with van der Waals surface area (Å²) in [5.41, 5.74) is 11.6. The molecule has 0 radical (unpaired) electrons. The first-order chi connectivity index (χ1) is 25.3. The second-order valence-electron chi connectivity index (χ2n) is 12.8. The minimum atomic E-state index is 0.623. The zero-order valence-electron chi connectivity index (χ0n) is 27.6. The average molecular weight is 654 g/mol. The van der Waals surface area contributed by atoms with Crippen molar-refractivity contribution in [1.82, 2.24) is 9.55 Å². The summed E-state index contributed by atoms with van der Waals surface area (Å²) in [7, 11) is 0. The predicted octanol–water partition coefficient (Wildman–Crippen LogP) is 12.9. The smallest absolute Gasteiger partial charge is 0.227 e. The van der Waals surface area contributed by atoms with Crippen LogP contribution in [0.15, 0.2) is 192 Å². The normalized spacial score (nSPS) is 11.5. The van der Waals surface area contributed by atoms with E-state index in [-0.39, 0.29) is 0 Å². The third kappa shape index (κ3) is 4.88. The van der Waals surface area contributed by atoms with Crippen LogP contribution in [0.25, 0.3) is 71.9 Å². The van der Waals surface area contributed by atoms with E-state index in [1.54, 1.807) is 0 Å². The van der Waals surface area contributed by atoms with Gasteiger partial charge in [0.15, 0.2) is 5.58 Å². The van der Waals surface area contributed by atoms with Crippen molar-refractivity contribution in [2.24, 2.45) is 0 Å². The molecule has 0 atom stereocenters. The van der Waals surface area contributed by atoms with E-state index in [1.807, 2.05) is 30.3 Å². The molecule has 240 valence electrons. The van der Waals surface area contributed by atoms with Gasteiger partial charge < -0.3 is 13.9 Å². The van der Waals surface area contributed by atoms with Crippen LogP contribution < -0.4 is 4.90 Å². The van der Waals surface area contributed by atoms with Crippen LogP contribution in [-0.2, 0) is 0 Å². The van der Waals surface area contributed by atoms with Crippen molar-refractivity contribution in [3.63, 3.8) is 0 Å². The van der Waals surface area contributed by atoms with E-state index in [9.17, 15) is 0 Å². The fourth-order valence-corrected chi connectivity index (χ4v) is 7.44. The number of fused-ring (bicyclic) bond motifs is 6. The highest BCUT2D eigenvalue weighted by molar-refractivity contribution is 6.11. The first kappa shape index (κ1) is 29.0. The van der Waals surface area contributed by atoms with Crippen molar-refractivity contribution in [1.29, 1.82) is 0 Å². The molecule has 0 amide bonds. The van der Waals surface area contributed by atoms with Gasteiger partial charge in [0.25, 0.3) is 0 Å². The maximum absolute atomic E-state index is 6.47. The van der Waals surface area contributed by atoms with Crippen molar-refractivity contribution in [3.8, 4) is 28.3 Å². The molecule has 0 N–H and O–H groups in total. The van der Waals surface area contributed by atoms with Gasteiger partial charge in [0.2, 0.25) is 5.89 Å². The van der Waals surface area contributed by atoms with Crippen LogP contribution >= 0.6 is 0 Å². The average Bonchev–Trinajstić information content (AvgIpc) is 3.80. The van der Waals surface area contributed by atoms with E-state index in [4.69, 9.17) is 9.40 Å². The number of hydrogen-bond acceptors (Lipinski definition) is 3. The Labute approximate surface area is 295 Å². The lowest BCUT2D eigenvalue weighted by Crippen LogP contribution is -2.10. The lowest BCUT2D eigenvalue weighted by atomic mass is 10.0. The molecule has 0 aliphatic heterocycles. The zero-order chi connectivity index (χ0) is 33.7. The first-order valence-corrected chi connectivity index (χ1v) is 17.2.